The normalized spacial score (nSPS) is 28.6. The first-order valence-corrected chi connectivity index (χ1v) is 19.4. The molecule has 6 rings (SSSR count). The predicted molar refractivity (Wildman–Crippen MR) is 184 cm³/mol. The summed E-state index contributed by atoms with van der Waals surface area (Å²) in [7, 11) is -4.20. The van der Waals surface area contributed by atoms with Crippen molar-refractivity contribution in [2.75, 3.05) is 6.54 Å². The second-order valence-electron chi connectivity index (χ2n) is 15.3. The molecule has 3 fully saturated rings. The molecule has 17 heteroatoms. The minimum Gasteiger partial charge on any atom is -0.444 e. The van der Waals surface area contributed by atoms with E-state index in [1.54, 1.807) is 39.0 Å². The van der Waals surface area contributed by atoms with Gasteiger partial charge in [0.25, 0.3) is 5.91 Å². The van der Waals surface area contributed by atoms with E-state index in [0.717, 1.165) is 6.42 Å². The third-order valence-corrected chi connectivity index (χ3v) is 11.0. The van der Waals surface area contributed by atoms with Gasteiger partial charge in [0, 0.05) is 30.5 Å². The van der Waals surface area contributed by atoms with Gasteiger partial charge in [-0.2, -0.15) is 13.1 Å². The zero-order valence-corrected chi connectivity index (χ0v) is 30.4. The van der Waals surface area contributed by atoms with Gasteiger partial charge in [0.2, 0.25) is 11.8 Å². The molecule has 1 unspecified atom stereocenters. The van der Waals surface area contributed by atoms with Crippen molar-refractivity contribution in [3.05, 3.63) is 47.3 Å². The van der Waals surface area contributed by atoms with Gasteiger partial charge in [-0.05, 0) is 70.9 Å². The lowest BCUT2D eigenvalue weighted by molar-refractivity contribution is -0.141. The Morgan fingerprint density at radius 2 is 1.83 bits per heavy atom. The third-order valence-electron chi connectivity index (χ3n) is 9.91. The number of allylic oxidation sites excluding steroid dienone is 1. The van der Waals surface area contributed by atoms with Crippen LogP contribution < -0.4 is 20.1 Å². The van der Waals surface area contributed by atoms with E-state index in [9.17, 15) is 36.8 Å². The second kappa shape index (κ2) is 14.6. The largest absolute Gasteiger partial charge is 0.444 e. The van der Waals surface area contributed by atoms with Crippen molar-refractivity contribution in [1.82, 2.24) is 29.9 Å². The summed E-state index contributed by atoms with van der Waals surface area (Å²) < 4.78 is 55.5. The number of carbonyl (C=O) groups excluding carboxylic acids is 5. The highest BCUT2D eigenvalue weighted by atomic mass is 32.2. The average molecular weight is 747 g/mol. The molecule has 5 aliphatic rings. The highest BCUT2D eigenvalue weighted by molar-refractivity contribution is 7.88. The number of rotatable bonds is 6. The fourth-order valence-electron chi connectivity index (χ4n) is 7.01. The molecular formula is C35H47FN6O9S. The first-order chi connectivity index (χ1) is 24.5. The zero-order valence-electron chi connectivity index (χ0n) is 29.6. The summed E-state index contributed by atoms with van der Waals surface area (Å²) in [5.41, 5.74) is -1.41. The van der Waals surface area contributed by atoms with Crippen molar-refractivity contribution < 1.29 is 46.3 Å². The van der Waals surface area contributed by atoms with E-state index in [1.807, 2.05) is 6.08 Å². The molecule has 1 aromatic carbocycles. The SMILES string of the molecule is CC(C)(C)OC(=O)N[C@H]1CCCCC/C=C\[C@@H]2C[C@@]2(C(=O)NS(=O)(=O)NC2CC2)NC(=O)C2C[C@@H](OC(=O)N3Cc4cccc(F)c4C3)CN2C1=O. The fourth-order valence-corrected chi connectivity index (χ4v) is 8.17. The van der Waals surface area contributed by atoms with Gasteiger partial charge in [-0.15, -0.1) is 0 Å². The summed E-state index contributed by atoms with van der Waals surface area (Å²) in [4.78, 5) is 70.9. The molecule has 0 radical (unpaired) electrons. The van der Waals surface area contributed by atoms with Crippen molar-refractivity contribution in [3.63, 3.8) is 0 Å². The maximum Gasteiger partial charge on any atom is 0.410 e. The number of nitrogens with zero attached hydrogens (tertiary/aromatic N) is 2. The van der Waals surface area contributed by atoms with Gasteiger partial charge in [0.15, 0.2) is 0 Å². The van der Waals surface area contributed by atoms with Crippen LogP contribution in [-0.4, -0.2) is 90.0 Å². The molecule has 2 saturated carbocycles. The molecule has 5 amide bonds. The molecule has 52 heavy (non-hydrogen) atoms. The maximum atomic E-state index is 14.4. The van der Waals surface area contributed by atoms with Crippen LogP contribution in [0.2, 0.25) is 0 Å². The van der Waals surface area contributed by atoms with Crippen LogP contribution in [0.3, 0.4) is 0 Å². The molecule has 284 valence electrons. The molecule has 2 aliphatic carbocycles. The number of amides is 5. The Balaban J connectivity index is 1.24. The summed E-state index contributed by atoms with van der Waals surface area (Å²) in [6.07, 6.45) is 5.39. The first-order valence-electron chi connectivity index (χ1n) is 17.9. The molecule has 3 aliphatic heterocycles. The number of carbonyl (C=O) groups is 5. The highest BCUT2D eigenvalue weighted by Gasteiger charge is 2.62. The van der Waals surface area contributed by atoms with Gasteiger partial charge in [-0.25, -0.2) is 18.7 Å². The minimum absolute atomic E-state index is 0.00689. The van der Waals surface area contributed by atoms with Gasteiger partial charge < -0.3 is 25.0 Å². The van der Waals surface area contributed by atoms with Gasteiger partial charge in [-0.1, -0.05) is 37.1 Å². The maximum absolute atomic E-state index is 14.4. The van der Waals surface area contributed by atoms with E-state index in [0.29, 0.717) is 43.2 Å². The van der Waals surface area contributed by atoms with Crippen LogP contribution in [-0.2, 0) is 47.2 Å². The molecule has 0 spiro atoms. The van der Waals surface area contributed by atoms with Gasteiger partial charge in [0.1, 0.15) is 35.1 Å². The number of halogens is 1. The van der Waals surface area contributed by atoms with E-state index < -0.39 is 81.2 Å². The number of ether oxygens (including phenoxy) is 2. The standard InChI is InChI=1S/C35H47FN6O9S/c1-34(2,3)51-32(46)37-27-13-8-6-4-5-7-11-22-17-35(22,31(45)40-52(48,49)39-23-14-15-23)38-29(43)28-16-24(19-42(28)30(27)44)50-33(47)41-18-21-10-9-12-26(36)25(21)20-41/h7,9-12,22-24,27-28,39H,4-6,8,13-20H2,1-3H3,(H,37,46)(H,38,43)(H,40,45)/b11-7-/t22-,24-,27+,28?,35-/m1/s1. The number of fused-ring (bicyclic) bond motifs is 3. The minimum atomic E-state index is -4.20. The smallest absolute Gasteiger partial charge is 0.410 e. The molecule has 3 heterocycles. The average Bonchev–Trinajstić information content (AvgIpc) is 3.88. The topological polar surface area (TPSA) is 193 Å². The molecule has 1 aromatic rings. The van der Waals surface area contributed by atoms with Gasteiger partial charge >= 0.3 is 22.4 Å². The van der Waals surface area contributed by atoms with Gasteiger partial charge in [-0.3, -0.25) is 19.3 Å². The predicted octanol–water partition coefficient (Wildman–Crippen LogP) is 2.65. The lowest BCUT2D eigenvalue weighted by atomic mass is 10.0. The van der Waals surface area contributed by atoms with E-state index in [-0.39, 0.29) is 44.9 Å². The Morgan fingerprint density at radius 1 is 1.06 bits per heavy atom. The van der Waals surface area contributed by atoms with Crippen LogP contribution in [0.25, 0.3) is 0 Å². The number of hydrogen-bond acceptors (Lipinski definition) is 9. The number of alkyl carbamates (subject to hydrolysis) is 1. The number of nitrogens with one attached hydrogen (secondary N) is 4. The molecule has 4 N–H and O–H groups in total. The van der Waals surface area contributed by atoms with Crippen molar-refractivity contribution in [2.45, 2.75) is 127 Å². The van der Waals surface area contributed by atoms with Crippen LogP contribution in [0.15, 0.2) is 30.4 Å². The lowest BCUT2D eigenvalue weighted by Crippen LogP contribution is -2.59. The van der Waals surface area contributed by atoms with Crippen molar-refractivity contribution in [3.8, 4) is 0 Å². The molecule has 15 nitrogen and oxygen atoms in total. The number of hydrogen-bond donors (Lipinski definition) is 4. The van der Waals surface area contributed by atoms with Gasteiger partial charge in [0.05, 0.1) is 13.1 Å². The first kappa shape index (κ1) is 37.5. The Kier molecular flexibility index (Phi) is 10.6. The third kappa shape index (κ3) is 8.85. The Hall–Kier alpha value is -4.25. The van der Waals surface area contributed by atoms with E-state index in [4.69, 9.17) is 9.47 Å². The van der Waals surface area contributed by atoms with Crippen LogP contribution in [0.1, 0.15) is 89.7 Å². The summed E-state index contributed by atoms with van der Waals surface area (Å²) in [6.45, 7) is 4.99. The zero-order chi connectivity index (χ0) is 37.4. The van der Waals surface area contributed by atoms with Crippen molar-refractivity contribution >= 4 is 40.1 Å². The van der Waals surface area contributed by atoms with Crippen LogP contribution in [0, 0.1) is 11.7 Å². The summed E-state index contributed by atoms with van der Waals surface area (Å²) in [5.74, 6) is -3.19. The quantitative estimate of drug-likeness (QED) is 0.317. The van der Waals surface area contributed by atoms with E-state index in [1.165, 1.54) is 15.9 Å². The van der Waals surface area contributed by atoms with Crippen LogP contribution >= 0.6 is 0 Å². The Labute approximate surface area is 302 Å². The summed E-state index contributed by atoms with van der Waals surface area (Å²) >= 11 is 0. The van der Waals surface area contributed by atoms with Crippen LogP contribution in [0.5, 0.6) is 0 Å². The highest BCUT2D eigenvalue weighted by Crippen LogP contribution is 2.46. The summed E-state index contributed by atoms with van der Waals surface area (Å²) in [6, 6.07) is 2.01. The Bertz CT molecular complexity index is 1750. The fraction of sp³-hybridized carbons (Fsp3) is 0.629. The molecule has 1 saturated heterocycles. The van der Waals surface area contributed by atoms with Crippen molar-refractivity contribution in [1.29, 1.82) is 0 Å². The molecule has 0 bridgehead atoms. The molecule has 5 atom stereocenters. The van der Waals surface area contributed by atoms with Crippen molar-refractivity contribution in [2.24, 2.45) is 5.92 Å². The van der Waals surface area contributed by atoms with E-state index in [2.05, 4.69) is 20.1 Å². The van der Waals surface area contributed by atoms with Crippen LogP contribution in [0.4, 0.5) is 14.0 Å². The number of benzene rings is 1. The monoisotopic (exact) mass is 746 g/mol. The Morgan fingerprint density at radius 3 is 2.54 bits per heavy atom. The molecule has 0 aromatic heterocycles. The summed E-state index contributed by atoms with van der Waals surface area (Å²) in [5, 5.41) is 5.42. The molecular weight excluding hydrogens is 699 g/mol. The lowest BCUT2D eigenvalue weighted by Gasteiger charge is -2.30. The van der Waals surface area contributed by atoms with E-state index >= 15 is 0 Å². The second-order valence-corrected chi connectivity index (χ2v) is 16.8.